The minimum atomic E-state index is -0.808. The Bertz CT molecular complexity index is 573. The molecule has 1 atom stereocenters. The summed E-state index contributed by atoms with van der Waals surface area (Å²) in [4.78, 5) is 25.4. The first kappa shape index (κ1) is 16.0. The van der Waals surface area contributed by atoms with Crippen LogP contribution < -0.4 is 0 Å². The minimum Gasteiger partial charge on any atom is -0.462 e. The Morgan fingerprint density at radius 1 is 1.43 bits per heavy atom. The van der Waals surface area contributed by atoms with Gasteiger partial charge in [-0.25, -0.2) is 9.28 Å². The maximum absolute atomic E-state index is 11.9. The number of carboxylic acid groups (broad SMARTS) is 1. The van der Waals surface area contributed by atoms with Gasteiger partial charge in [-0.2, -0.15) is 4.79 Å². The van der Waals surface area contributed by atoms with Crippen LogP contribution >= 0.6 is 11.3 Å². The van der Waals surface area contributed by atoms with E-state index < -0.39 is 11.6 Å². The van der Waals surface area contributed by atoms with Crippen molar-refractivity contribution in [3.8, 4) is 0 Å². The van der Waals surface area contributed by atoms with Gasteiger partial charge in [0.25, 0.3) is 0 Å². The molecule has 116 valence electrons. The van der Waals surface area contributed by atoms with Crippen LogP contribution in [0.15, 0.2) is 6.07 Å². The van der Waals surface area contributed by atoms with E-state index in [0.717, 1.165) is 10.4 Å². The summed E-state index contributed by atoms with van der Waals surface area (Å²) < 4.78 is 5.02. The molecule has 0 spiro atoms. The molecule has 0 aliphatic carbocycles. The van der Waals surface area contributed by atoms with Crippen LogP contribution in [-0.4, -0.2) is 40.3 Å². The molecule has 0 saturated carbocycles. The summed E-state index contributed by atoms with van der Waals surface area (Å²) in [6, 6.07) is 1.80. The van der Waals surface area contributed by atoms with Crippen LogP contribution in [0.4, 0.5) is 4.79 Å². The monoisotopic (exact) mass is 312 g/mol. The topological polar surface area (TPSA) is 63.6 Å². The molecular weight excluding hydrogens is 290 g/mol. The highest BCUT2D eigenvalue weighted by Crippen LogP contribution is 2.37. The van der Waals surface area contributed by atoms with Gasteiger partial charge in [0.2, 0.25) is 0 Å². The molecule has 0 radical (unpaired) electrons. The highest BCUT2D eigenvalue weighted by Gasteiger charge is 2.50. The quantitative estimate of drug-likeness (QED) is 0.672. The molecule has 0 bridgehead atoms. The van der Waals surface area contributed by atoms with E-state index in [9.17, 15) is 14.7 Å². The van der Waals surface area contributed by atoms with Gasteiger partial charge in [-0.15, -0.1) is 11.3 Å². The van der Waals surface area contributed by atoms with Crippen molar-refractivity contribution in [3.05, 3.63) is 21.4 Å². The lowest BCUT2D eigenvalue weighted by Crippen LogP contribution is -2.64. The van der Waals surface area contributed by atoms with Gasteiger partial charge in [-0.1, -0.05) is 0 Å². The van der Waals surface area contributed by atoms with E-state index in [1.54, 1.807) is 13.0 Å². The molecule has 0 fully saturated rings. The fourth-order valence-corrected chi connectivity index (χ4v) is 3.86. The highest BCUT2D eigenvalue weighted by molar-refractivity contribution is 7.14. The number of thiophene rings is 1. The van der Waals surface area contributed by atoms with E-state index in [4.69, 9.17) is 4.74 Å². The number of hydrogen-bond acceptors (Lipinski definition) is 4. The van der Waals surface area contributed by atoms with Gasteiger partial charge in [0.05, 0.1) is 13.2 Å². The number of amides is 1. The largest absolute Gasteiger partial charge is 0.514 e. The Morgan fingerprint density at radius 3 is 2.62 bits per heavy atom. The van der Waals surface area contributed by atoms with Crippen LogP contribution in [0.3, 0.4) is 0 Å². The van der Waals surface area contributed by atoms with Crippen molar-refractivity contribution < 1.29 is 23.9 Å². The molecule has 1 unspecified atom stereocenters. The van der Waals surface area contributed by atoms with Crippen LogP contribution in [-0.2, 0) is 17.7 Å². The van der Waals surface area contributed by atoms with Gasteiger partial charge in [0.1, 0.15) is 17.0 Å². The zero-order valence-electron chi connectivity index (χ0n) is 12.9. The summed E-state index contributed by atoms with van der Waals surface area (Å²) in [5.74, 6) is -0.318. The predicted molar refractivity (Wildman–Crippen MR) is 80.6 cm³/mol. The summed E-state index contributed by atoms with van der Waals surface area (Å²) in [6.45, 7) is 8.94. The van der Waals surface area contributed by atoms with Crippen molar-refractivity contribution in [2.45, 2.75) is 46.2 Å². The molecule has 1 aromatic rings. The molecule has 21 heavy (non-hydrogen) atoms. The van der Waals surface area contributed by atoms with Gasteiger partial charge in [-0.05, 0) is 33.8 Å². The van der Waals surface area contributed by atoms with Crippen molar-refractivity contribution in [2.75, 3.05) is 13.2 Å². The van der Waals surface area contributed by atoms with Crippen LogP contribution in [0.5, 0.6) is 0 Å². The Kier molecular flexibility index (Phi) is 4.13. The molecule has 5 nitrogen and oxygen atoms in total. The molecule has 2 rings (SSSR count). The fraction of sp³-hybridized carbons (Fsp3) is 0.600. The lowest BCUT2D eigenvalue weighted by Gasteiger charge is -2.45. The van der Waals surface area contributed by atoms with E-state index in [0.29, 0.717) is 31.0 Å². The summed E-state index contributed by atoms with van der Waals surface area (Å²) in [7, 11) is 0. The molecule has 1 amide bonds. The van der Waals surface area contributed by atoms with E-state index >= 15 is 0 Å². The molecule has 1 aromatic heterocycles. The number of rotatable bonds is 2. The van der Waals surface area contributed by atoms with E-state index in [2.05, 4.69) is 0 Å². The predicted octanol–water partition coefficient (Wildman–Crippen LogP) is 3.27. The zero-order chi connectivity index (χ0) is 15.8. The van der Waals surface area contributed by atoms with Crippen LogP contribution in [0.1, 0.15) is 47.8 Å². The Labute approximate surface area is 128 Å². The summed E-state index contributed by atoms with van der Waals surface area (Å²) in [6.07, 6.45) is -0.125. The minimum absolute atomic E-state index is 0.000993. The molecule has 0 saturated heterocycles. The average Bonchev–Trinajstić information content (AvgIpc) is 2.79. The second-order valence-electron chi connectivity index (χ2n) is 6.33. The maximum Gasteiger partial charge on any atom is 0.514 e. The number of hydrogen-bond donors (Lipinski definition) is 1. The van der Waals surface area contributed by atoms with Crippen LogP contribution in [0.25, 0.3) is 0 Å². The standard InChI is InChI=1S/C15H21NO4S/c1-5-20-13(17)12-8-10-9-16(14(18)19,15(2,3)4)7-6-11(10)21-12/h8H,5-7,9H2,1-4H3/p+1. The third kappa shape index (κ3) is 2.70. The van der Waals surface area contributed by atoms with Crippen LogP contribution in [0, 0.1) is 0 Å². The lowest BCUT2D eigenvalue weighted by molar-refractivity contribution is -0.917. The molecule has 1 aliphatic heterocycles. The molecule has 1 aliphatic rings. The summed E-state index contributed by atoms with van der Waals surface area (Å²) in [5.41, 5.74) is 0.571. The van der Waals surface area contributed by atoms with Gasteiger partial charge in [0, 0.05) is 16.9 Å². The number of fused-ring (bicyclic) bond motifs is 1. The van der Waals surface area contributed by atoms with Gasteiger partial charge in [0.15, 0.2) is 0 Å². The third-order valence-electron chi connectivity index (χ3n) is 4.18. The van der Waals surface area contributed by atoms with Crippen molar-refractivity contribution in [1.29, 1.82) is 0 Å². The molecule has 6 heteroatoms. The summed E-state index contributed by atoms with van der Waals surface area (Å²) in [5, 5.41) is 9.73. The van der Waals surface area contributed by atoms with E-state index in [1.165, 1.54) is 11.3 Å². The van der Waals surface area contributed by atoms with Gasteiger partial charge < -0.3 is 9.84 Å². The van der Waals surface area contributed by atoms with Crippen molar-refractivity contribution >= 4 is 23.4 Å². The van der Waals surface area contributed by atoms with E-state index in [-0.39, 0.29) is 10.5 Å². The van der Waals surface area contributed by atoms with Crippen molar-refractivity contribution in [1.82, 2.24) is 0 Å². The number of quaternary nitrogens is 1. The second kappa shape index (κ2) is 5.42. The Hall–Kier alpha value is -1.40. The SMILES string of the molecule is CCOC(=O)c1cc2c(s1)CC[N+](C(=O)O)(C(C)(C)C)C2. The molecule has 1 N–H and O–H groups in total. The number of carbonyl (C=O) groups is 2. The number of ether oxygens (including phenoxy) is 1. The summed E-state index contributed by atoms with van der Waals surface area (Å²) >= 11 is 1.43. The fourth-order valence-electron chi connectivity index (χ4n) is 2.80. The molecule has 0 aromatic carbocycles. The van der Waals surface area contributed by atoms with Gasteiger partial charge >= 0.3 is 12.1 Å². The molecular formula is C15H22NO4S+. The molecule has 2 heterocycles. The second-order valence-corrected chi connectivity index (χ2v) is 7.47. The van der Waals surface area contributed by atoms with Crippen molar-refractivity contribution in [3.63, 3.8) is 0 Å². The van der Waals surface area contributed by atoms with E-state index in [1.807, 2.05) is 20.8 Å². The normalized spacial score (nSPS) is 21.7. The maximum atomic E-state index is 11.9. The first-order valence-corrected chi connectivity index (χ1v) is 7.92. The Balaban J connectivity index is 2.36. The lowest BCUT2D eigenvalue weighted by atomic mass is 9.95. The highest BCUT2D eigenvalue weighted by atomic mass is 32.1. The number of carbonyl (C=O) groups excluding carboxylic acids is 1. The first-order valence-electron chi connectivity index (χ1n) is 7.10. The Morgan fingerprint density at radius 2 is 2.10 bits per heavy atom. The van der Waals surface area contributed by atoms with Crippen molar-refractivity contribution in [2.24, 2.45) is 0 Å². The van der Waals surface area contributed by atoms with Crippen LogP contribution in [0.2, 0.25) is 0 Å². The zero-order valence-corrected chi connectivity index (χ0v) is 13.7. The smallest absolute Gasteiger partial charge is 0.462 e. The first-order chi connectivity index (χ1) is 9.71. The average molecular weight is 312 g/mol. The number of esters is 1. The number of nitrogens with zero attached hydrogens (tertiary/aromatic N) is 1. The van der Waals surface area contributed by atoms with Gasteiger partial charge in [-0.3, -0.25) is 0 Å². The third-order valence-corrected chi connectivity index (χ3v) is 5.40.